The maximum atomic E-state index is 13.5. The smallest absolute Gasteiger partial charge is 0.411 e. The zero-order chi connectivity index (χ0) is 19.8. The van der Waals surface area contributed by atoms with E-state index >= 15 is 0 Å². The molecule has 28 heavy (non-hydrogen) atoms. The summed E-state index contributed by atoms with van der Waals surface area (Å²) in [5.74, 6) is 1.59. The highest BCUT2D eigenvalue weighted by Gasteiger charge is 2.46. The van der Waals surface area contributed by atoms with Crippen molar-refractivity contribution in [1.29, 1.82) is 0 Å². The summed E-state index contributed by atoms with van der Waals surface area (Å²) in [6, 6.07) is 4.08. The van der Waals surface area contributed by atoms with Crippen molar-refractivity contribution in [3.8, 4) is 0 Å². The summed E-state index contributed by atoms with van der Waals surface area (Å²) >= 11 is 0. The van der Waals surface area contributed by atoms with Crippen LogP contribution in [0.2, 0.25) is 0 Å². The van der Waals surface area contributed by atoms with E-state index in [4.69, 9.17) is 9.15 Å². The van der Waals surface area contributed by atoms with Gasteiger partial charge in [0, 0.05) is 25.2 Å². The van der Waals surface area contributed by atoms with Gasteiger partial charge in [0.05, 0.1) is 12.6 Å². The van der Waals surface area contributed by atoms with E-state index in [1.54, 1.807) is 11.8 Å². The maximum Gasteiger partial charge on any atom is 0.411 e. The van der Waals surface area contributed by atoms with Crippen molar-refractivity contribution >= 4 is 12.0 Å². The highest BCUT2D eigenvalue weighted by atomic mass is 16.6. The molecule has 1 aromatic rings. The van der Waals surface area contributed by atoms with Gasteiger partial charge in [0.1, 0.15) is 17.6 Å². The summed E-state index contributed by atoms with van der Waals surface area (Å²) < 4.78 is 11.1. The molecular weight excluding hydrogens is 358 g/mol. The Labute approximate surface area is 166 Å². The third-order valence-electron chi connectivity index (χ3n) is 6.70. The van der Waals surface area contributed by atoms with Crippen LogP contribution in [0.15, 0.2) is 16.5 Å². The van der Waals surface area contributed by atoms with Crippen molar-refractivity contribution in [2.75, 3.05) is 26.7 Å². The first-order valence-corrected chi connectivity index (χ1v) is 10.5. The number of carbonyl (C=O) groups is 2. The van der Waals surface area contributed by atoms with Gasteiger partial charge in [0.15, 0.2) is 0 Å². The third-order valence-corrected chi connectivity index (χ3v) is 6.70. The molecule has 4 heterocycles. The molecule has 0 N–H and O–H groups in total. The Morgan fingerprint density at radius 2 is 1.93 bits per heavy atom. The minimum Gasteiger partial charge on any atom is -0.464 e. The Morgan fingerprint density at radius 1 is 1.14 bits per heavy atom. The van der Waals surface area contributed by atoms with Crippen LogP contribution in [0.1, 0.15) is 56.6 Å². The Kier molecular flexibility index (Phi) is 5.36. The van der Waals surface area contributed by atoms with Gasteiger partial charge in [-0.15, -0.1) is 0 Å². The first-order chi connectivity index (χ1) is 13.5. The molecule has 2 bridgehead atoms. The van der Waals surface area contributed by atoms with Crippen molar-refractivity contribution in [2.45, 2.75) is 70.1 Å². The fourth-order valence-corrected chi connectivity index (χ4v) is 5.14. The second kappa shape index (κ2) is 7.78. The number of likely N-dealkylation sites (tertiary alicyclic amines) is 2. The molecule has 1 aromatic heterocycles. The number of nitrogens with zero attached hydrogens (tertiary/aromatic N) is 3. The first kappa shape index (κ1) is 19.3. The third kappa shape index (κ3) is 3.41. The average Bonchev–Trinajstić information content (AvgIpc) is 3.33. The number of fused-ring (bicyclic) bond motifs is 2. The van der Waals surface area contributed by atoms with Crippen molar-refractivity contribution in [3.63, 3.8) is 0 Å². The first-order valence-electron chi connectivity index (χ1n) is 10.5. The van der Waals surface area contributed by atoms with Crippen molar-refractivity contribution in [3.05, 3.63) is 23.7 Å². The number of carbonyl (C=O) groups excluding carboxylic acids is 2. The number of aryl methyl sites for hydroxylation is 1. The SMILES string of the molecule is CCOC(=O)N1[C@@H](c2ccc(C)o2)CC[C@H]1C(=O)N1CC[C@H]2CC[C@@H](C1)N2C. The number of amides is 2. The Morgan fingerprint density at radius 3 is 2.64 bits per heavy atom. The predicted molar refractivity (Wildman–Crippen MR) is 104 cm³/mol. The summed E-state index contributed by atoms with van der Waals surface area (Å²) in [7, 11) is 2.17. The fraction of sp³-hybridized carbons (Fsp3) is 0.714. The molecule has 3 saturated heterocycles. The normalized spacial score (nSPS) is 30.5. The molecule has 3 fully saturated rings. The zero-order valence-corrected chi connectivity index (χ0v) is 17.1. The lowest BCUT2D eigenvalue weighted by Crippen LogP contribution is -2.50. The summed E-state index contributed by atoms with van der Waals surface area (Å²) in [5.41, 5.74) is 0. The number of rotatable bonds is 3. The molecule has 3 aliphatic rings. The lowest BCUT2D eigenvalue weighted by Gasteiger charge is -2.33. The van der Waals surface area contributed by atoms with Crippen LogP contribution in [-0.2, 0) is 9.53 Å². The lowest BCUT2D eigenvalue weighted by atomic mass is 10.1. The van der Waals surface area contributed by atoms with Crippen molar-refractivity contribution in [1.82, 2.24) is 14.7 Å². The molecule has 4 rings (SSSR count). The minimum absolute atomic E-state index is 0.0554. The van der Waals surface area contributed by atoms with E-state index in [9.17, 15) is 9.59 Å². The summed E-state index contributed by atoms with van der Waals surface area (Å²) in [5, 5.41) is 0. The summed E-state index contributed by atoms with van der Waals surface area (Å²) in [6.45, 7) is 5.49. The van der Waals surface area contributed by atoms with E-state index in [2.05, 4.69) is 11.9 Å². The standard InChI is InChI=1S/C21H31N3O4/c1-4-27-21(26)24-17(19-10-5-14(2)28-19)8-9-18(24)20(25)23-12-11-15-6-7-16(13-23)22(15)3/h5,10,15-18H,4,6-9,11-13H2,1-3H3/t15-,16+,17-,18+/m1/s1. The largest absolute Gasteiger partial charge is 0.464 e. The molecule has 154 valence electrons. The Hall–Kier alpha value is -2.02. The molecule has 0 aromatic carbocycles. The van der Waals surface area contributed by atoms with Crippen LogP contribution in [0.25, 0.3) is 0 Å². The second-order valence-electron chi connectivity index (χ2n) is 8.29. The minimum atomic E-state index is -0.476. The zero-order valence-electron chi connectivity index (χ0n) is 17.1. The predicted octanol–water partition coefficient (Wildman–Crippen LogP) is 2.95. The fourth-order valence-electron chi connectivity index (χ4n) is 5.14. The topological polar surface area (TPSA) is 66.2 Å². The maximum absolute atomic E-state index is 13.5. The van der Waals surface area contributed by atoms with Crippen LogP contribution in [0, 0.1) is 6.92 Å². The quantitative estimate of drug-likeness (QED) is 0.795. The Balaban J connectivity index is 1.55. The van der Waals surface area contributed by atoms with Crippen LogP contribution in [0.4, 0.5) is 4.79 Å². The van der Waals surface area contributed by atoms with Crippen LogP contribution >= 0.6 is 0 Å². The molecule has 7 nitrogen and oxygen atoms in total. The van der Waals surface area contributed by atoms with Crippen LogP contribution < -0.4 is 0 Å². The van der Waals surface area contributed by atoms with Gasteiger partial charge in [-0.05, 0) is 65.1 Å². The van der Waals surface area contributed by atoms with Gasteiger partial charge in [-0.1, -0.05) is 0 Å². The van der Waals surface area contributed by atoms with E-state index in [0.29, 0.717) is 31.5 Å². The average molecular weight is 389 g/mol. The summed E-state index contributed by atoms with van der Waals surface area (Å²) in [6.07, 6.45) is 4.30. The highest BCUT2D eigenvalue weighted by Crippen LogP contribution is 2.39. The van der Waals surface area contributed by atoms with Crippen molar-refractivity contribution < 1.29 is 18.7 Å². The monoisotopic (exact) mass is 389 g/mol. The molecule has 0 saturated carbocycles. The molecule has 0 radical (unpaired) electrons. The van der Waals surface area contributed by atoms with E-state index in [1.807, 2.05) is 24.0 Å². The van der Waals surface area contributed by atoms with Crippen LogP contribution in [-0.4, -0.2) is 71.6 Å². The van der Waals surface area contributed by atoms with Gasteiger partial charge >= 0.3 is 6.09 Å². The molecule has 0 spiro atoms. The second-order valence-corrected chi connectivity index (χ2v) is 8.29. The molecule has 3 aliphatic heterocycles. The number of likely N-dealkylation sites (N-methyl/N-ethyl adjacent to an activating group) is 1. The molecular formula is C21H31N3O4. The molecule has 0 aliphatic carbocycles. The van der Waals surface area contributed by atoms with E-state index in [0.717, 1.165) is 37.5 Å². The molecule has 4 atom stereocenters. The number of hydrogen-bond acceptors (Lipinski definition) is 5. The van der Waals surface area contributed by atoms with E-state index in [1.165, 1.54) is 6.42 Å². The number of furan rings is 1. The number of hydrogen-bond donors (Lipinski definition) is 0. The van der Waals surface area contributed by atoms with Crippen LogP contribution in [0.5, 0.6) is 0 Å². The van der Waals surface area contributed by atoms with Gasteiger partial charge < -0.3 is 14.1 Å². The summed E-state index contributed by atoms with van der Waals surface area (Å²) in [4.78, 5) is 32.3. The molecule has 2 amide bonds. The van der Waals surface area contributed by atoms with Gasteiger partial charge in [-0.2, -0.15) is 0 Å². The highest BCUT2D eigenvalue weighted by molar-refractivity contribution is 5.86. The van der Waals surface area contributed by atoms with E-state index < -0.39 is 12.1 Å². The van der Waals surface area contributed by atoms with Gasteiger partial charge in [0.2, 0.25) is 5.91 Å². The number of ether oxygens (including phenoxy) is 1. The van der Waals surface area contributed by atoms with Gasteiger partial charge in [0.25, 0.3) is 0 Å². The Bertz CT molecular complexity index is 733. The molecule has 0 unspecified atom stereocenters. The van der Waals surface area contributed by atoms with Gasteiger partial charge in [-0.25, -0.2) is 4.79 Å². The van der Waals surface area contributed by atoms with Gasteiger partial charge in [-0.3, -0.25) is 14.6 Å². The van der Waals surface area contributed by atoms with Crippen molar-refractivity contribution in [2.24, 2.45) is 0 Å². The molecule has 7 heteroatoms. The van der Waals surface area contributed by atoms with E-state index in [-0.39, 0.29) is 11.9 Å². The van der Waals surface area contributed by atoms with Crippen LogP contribution in [0.3, 0.4) is 0 Å². The lowest BCUT2D eigenvalue weighted by molar-refractivity contribution is -0.136.